The van der Waals surface area contributed by atoms with E-state index in [1.807, 2.05) is 13.8 Å². The lowest BCUT2D eigenvalue weighted by atomic mass is 10.1. The van der Waals surface area contributed by atoms with Crippen molar-refractivity contribution in [3.63, 3.8) is 0 Å². The van der Waals surface area contributed by atoms with Crippen LogP contribution in [0, 0.1) is 6.92 Å². The molecule has 0 aliphatic rings. The number of aromatic nitrogens is 1. The molecule has 0 saturated carbocycles. The third kappa shape index (κ3) is 3.38. The second-order valence-electron chi connectivity index (χ2n) is 6.56. The van der Waals surface area contributed by atoms with E-state index in [0.717, 1.165) is 12.0 Å². The summed E-state index contributed by atoms with van der Waals surface area (Å²) in [6.45, 7) is 4.42. The highest BCUT2D eigenvalue weighted by atomic mass is 32.2. The fraction of sp³-hybridized carbons (Fsp3) is 0.286. The number of hydrogen-bond donors (Lipinski definition) is 0. The Labute approximate surface area is 164 Å². The van der Waals surface area contributed by atoms with E-state index in [1.165, 1.54) is 38.6 Å². The van der Waals surface area contributed by atoms with Gasteiger partial charge in [-0.1, -0.05) is 24.6 Å². The molecule has 1 heterocycles. The monoisotopic (exact) mass is 401 g/mol. The molecule has 0 N–H and O–H groups in total. The first-order valence-electron chi connectivity index (χ1n) is 8.94. The Bertz CT molecular complexity index is 1180. The average Bonchev–Trinajstić information content (AvgIpc) is 2.69. The lowest BCUT2D eigenvalue weighted by molar-refractivity contribution is 0.355. The van der Waals surface area contributed by atoms with Gasteiger partial charge in [-0.25, -0.2) is 8.42 Å². The first kappa shape index (κ1) is 19.9. The minimum atomic E-state index is -3.96. The van der Waals surface area contributed by atoms with Gasteiger partial charge in [0.15, 0.2) is 11.5 Å². The number of rotatable bonds is 6. The van der Waals surface area contributed by atoms with Gasteiger partial charge in [0, 0.05) is 18.8 Å². The van der Waals surface area contributed by atoms with Crippen LogP contribution in [0.4, 0.5) is 0 Å². The fourth-order valence-corrected chi connectivity index (χ4v) is 4.52. The van der Waals surface area contributed by atoms with Crippen LogP contribution < -0.4 is 14.9 Å². The zero-order valence-corrected chi connectivity index (χ0v) is 17.2. The SMILES string of the molecule is CCCn1cc(S(=O)(=O)c2ccc(C)cc2)c(=O)c2cc(OC)c(OC)cc21. The van der Waals surface area contributed by atoms with E-state index >= 15 is 0 Å². The summed E-state index contributed by atoms with van der Waals surface area (Å²) >= 11 is 0. The zero-order valence-electron chi connectivity index (χ0n) is 16.4. The van der Waals surface area contributed by atoms with Crippen LogP contribution in [0.1, 0.15) is 18.9 Å². The Morgan fingerprint density at radius 3 is 2.18 bits per heavy atom. The molecule has 2 aromatic carbocycles. The topological polar surface area (TPSA) is 74.6 Å². The molecule has 0 aliphatic heterocycles. The van der Waals surface area contributed by atoms with E-state index in [4.69, 9.17) is 9.47 Å². The first-order chi connectivity index (χ1) is 13.3. The van der Waals surface area contributed by atoms with Crippen LogP contribution in [0.2, 0.25) is 0 Å². The number of pyridine rings is 1. The van der Waals surface area contributed by atoms with Gasteiger partial charge in [0.1, 0.15) is 4.90 Å². The summed E-state index contributed by atoms with van der Waals surface area (Å²) in [6.07, 6.45) is 2.20. The lowest BCUT2D eigenvalue weighted by Crippen LogP contribution is -2.19. The van der Waals surface area contributed by atoms with E-state index < -0.39 is 15.3 Å². The number of hydrogen-bond acceptors (Lipinski definition) is 5. The standard InChI is InChI=1S/C21H23NO5S/c1-5-10-22-13-20(28(24,25)15-8-6-14(2)7-9-15)21(23)16-11-18(26-3)19(27-4)12-17(16)22/h6-9,11-13H,5,10H2,1-4H3. The van der Waals surface area contributed by atoms with Gasteiger partial charge in [-0.2, -0.15) is 0 Å². The predicted octanol–water partition coefficient (Wildman–Crippen LogP) is 3.57. The van der Waals surface area contributed by atoms with Gasteiger partial charge >= 0.3 is 0 Å². The molecular weight excluding hydrogens is 378 g/mol. The molecule has 0 amide bonds. The molecule has 0 radical (unpaired) electrons. The quantitative estimate of drug-likeness (QED) is 0.631. The molecule has 0 atom stereocenters. The Morgan fingerprint density at radius 2 is 1.61 bits per heavy atom. The van der Waals surface area contributed by atoms with Crippen LogP contribution in [-0.2, 0) is 16.4 Å². The van der Waals surface area contributed by atoms with Gasteiger partial charge in [0.05, 0.1) is 30.0 Å². The average molecular weight is 401 g/mol. The summed E-state index contributed by atoms with van der Waals surface area (Å²) in [6, 6.07) is 9.71. The van der Waals surface area contributed by atoms with Crippen molar-refractivity contribution in [1.82, 2.24) is 4.57 Å². The number of nitrogens with zero attached hydrogens (tertiary/aromatic N) is 1. The molecule has 148 valence electrons. The van der Waals surface area contributed by atoms with Crippen molar-refractivity contribution in [2.24, 2.45) is 0 Å². The Morgan fingerprint density at radius 1 is 1.00 bits per heavy atom. The molecule has 0 bridgehead atoms. The maximum atomic E-state index is 13.2. The Hall–Kier alpha value is -2.80. The minimum Gasteiger partial charge on any atom is -0.493 e. The summed E-state index contributed by atoms with van der Waals surface area (Å²) in [5.41, 5.74) is 0.994. The number of methoxy groups -OCH3 is 2. The maximum Gasteiger partial charge on any atom is 0.211 e. The van der Waals surface area contributed by atoms with E-state index in [1.54, 1.807) is 22.8 Å². The number of ether oxygens (including phenoxy) is 2. The number of sulfone groups is 1. The van der Waals surface area contributed by atoms with E-state index in [2.05, 4.69) is 0 Å². The van der Waals surface area contributed by atoms with Crippen LogP contribution in [0.5, 0.6) is 11.5 Å². The second-order valence-corrected chi connectivity index (χ2v) is 8.47. The van der Waals surface area contributed by atoms with E-state index in [-0.39, 0.29) is 15.2 Å². The highest BCUT2D eigenvalue weighted by Gasteiger charge is 2.24. The van der Waals surface area contributed by atoms with Crippen molar-refractivity contribution in [1.29, 1.82) is 0 Å². The van der Waals surface area contributed by atoms with Gasteiger partial charge in [-0.05, 0) is 31.5 Å². The van der Waals surface area contributed by atoms with Crippen LogP contribution in [-0.4, -0.2) is 27.2 Å². The third-order valence-corrected chi connectivity index (χ3v) is 6.40. The Kier molecular flexibility index (Phi) is 5.47. The summed E-state index contributed by atoms with van der Waals surface area (Å²) in [5, 5.41) is 0.277. The summed E-state index contributed by atoms with van der Waals surface area (Å²) < 4.78 is 38.8. The van der Waals surface area contributed by atoms with Gasteiger partial charge < -0.3 is 14.0 Å². The van der Waals surface area contributed by atoms with E-state index in [9.17, 15) is 13.2 Å². The van der Waals surface area contributed by atoms with Gasteiger partial charge in [0.25, 0.3) is 0 Å². The van der Waals surface area contributed by atoms with Crippen molar-refractivity contribution in [3.05, 3.63) is 58.4 Å². The molecule has 1 aromatic heterocycles. The summed E-state index contributed by atoms with van der Waals surface area (Å²) in [5.74, 6) is 0.855. The molecule has 0 aliphatic carbocycles. The molecule has 0 fully saturated rings. The molecule has 6 nitrogen and oxygen atoms in total. The molecule has 7 heteroatoms. The molecule has 3 rings (SSSR count). The van der Waals surface area contributed by atoms with Crippen molar-refractivity contribution in [2.45, 2.75) is 36.6 Å². The highest BCUT2D eigenvalue weighted by Crippen LogP contribution is 2.32. The van der Waals surface area contributed by atoms with Gasteiger partial charge in [-0.15, -0.1) is 0 Å². The molecular formula is C21H23NO5S. The summed E-state index contributed by atoms with van der Waals surface area (Å²) in [4.78, 5) is 13.0. The lowest BCUT2D eigenvalue weighted by Gasteiger charge is -2.16. The third-order valence-electron chi connectivity index (χ3n) is 4.64. The largest absolute Gasteiger partial charge is 0.493 e. The van der Waals surface area contributed by atoms with Crippen molar-refractivity contribution in [2.75, 3.05) is 14.2 Å². The molecule has 3 aromatic rings. The van der Waals surface area contributed by atoms with Crippen molar-refractivity contribution < 1.29 is 17.9 Å². The number of fused-ring (bicyclic) bond motifs is 1. The van der Waals surface area contributed by atoms with Gasteiger partial charge in [0.2, 0.25) is 15.3 Å². The predicted molar refractivity (Wildman–Crippen MR) is 108 cm³/mol. The smallest absolute Gasteiger partial charge is 0.211 e. The minimum absolute atomic E-state index is 0.0954. The molecule has 0 saturated heterocycles. The second kappa shape index (κ2) is 7.67. The molecule has 0 spiro atoms. The van der Waals surface area contributed by atoms with Crippen molar-refractivity contribution in [3.8, 4) is 11.5 Å². The highest BCUT2D eigenvalue weighted by molar-refractivity contribution is 7.91. The van der Waals surface area contributed by atoms with E-state index in [0.29, 0.717) is 23.6 Å². The number of aryl methyl sites for hydroxylation is 2. The van der Waals surface area contributed by atoms with Crippen LogP contribution >= 0.6 is 0 Å². The fourth-order valence-electron chi connectivity index (χ4n) is 3.15. The molecule has 28 heavy (non-hydrogen) atoms. The zero-order chi connectivity index (χ0) is 20.5. The normalized spacial score (nSPS) is 11.6. The number of benzene rings is 2. The van der Waals surface area contributed by atoms with Crippen molar-refractivity contribution >= 4 is 20.7 Å². The van der Waals surface area contributed by atoms with Crippen LogP contribution in [0.15, 0.2) is 57.2 Å². The maximum absolute atomic E-state index is 13.2. The summed E-state index contributed by atoms with van der Waals surface area (Å²) in [7, 11) is -0.970. The van der Waals surface area contributed by atoms with Crippen LogP contribution in [0.25, 0.3) is 10.9 Å². The van der Waals surface area contributed by atoms with Crippen LogP contribution in [0.3, 0.4) is 0 Å². The Balaban J connectivity index is 2.36. The van der Waals surface area contributed by atoms with Gasteiger partial charge in [-0.3, -0.25) is 4.79 Å². The first-order valence-corrected chi connectivity index (χ1v) is 10.4. The molecule has 0 unspecified atom stereocenters.